The normalized spacial score (nSPS) is 11.2. The molecule has 0 aliphatic carbocycles. The Bertz CT molecular complexity index is 193. The van der Waals surface area contributed by atoms with E-state index in [1.165, 1.54) is 31.3 Å². The molecule has 0 aliphatic rings. The molecule has 0 aromatic carbocycles. The molecule has 0 saturated carbocycles. The van der Waals surface area contributed by atoms with Gasteiger partial charge in [-0.1, -0.05) is 37.1 Å². The molecule has 0 heterocycles. The Labute approximate surface area is 96.2 Å². The van der Waals surface area contributed by atoms with E-state index in [1.807, 2.05) is 0 Å². The molecule has 3 N–H and O–H groups in total. The SMILES string of the molecule is CCC(/C=C(/C)CCC=C(C)C)CC.N. The van der Waals surface area contributed by atoms with Crippen LogP contribution in [0, 0.1) is 5.92 Å². The molecule has 0 aromatic rings. The number of rotatable bonds is 6. The highest BCUT2D eigenvalue weighted by atomic mass is 14.0. The molecule has 1 heteroatoms. The highest BCUT2D eigenvalue weighted by Gasteiger charge is 1.99. The summed E-state index contributed by atoms with van der Waals surface area (Å²) in [6.07, 6.45) is 9.75. The fraction of sp³-hybridized carbons (Fsp3) is 0.714. The van der Waals surface area contributed by atoms with Crippen LogP contribution in [0.25, 0.3) is 0 Å². The van der Waals surface area contributed by atoms with E-state index >= 15 is 0 Å². The minimum Gasteiger partial charge on any atom is -0.344 e. The number of hydrogen-bond acceptors (Lipinski definition) is 1. The maximum atomic E-state index is 2.46. The molecule has 0 bridgehead atoms. The first kappa shape index (κ1) is 16.9. The van der Waals surface area contributed by atoms with Gasteiger partial charge in [0.15, 0.2) is 0 Å². The highest BCUT2D eigenvalue weighted by Crippen LogP contribution is 2.15. The molecule has 0 atom stereocenters. The maximum absolute atomic E-state index is 2.46. The van der Waals surface area contributed by atoms with Gasteiger partial charge >= 0.3 is 0 Å². The van der Waals surface area contributed by atoms with Crippen molar-refractivity contribution < 1.29 is 0 Å². The van der Waals surface area contributed by atoms with E-state index in [2.05, 4.69) is 46.8 Å². The lowest BCUT2D eigenvalue weighted by Gasteiger charge is -2.08. The minimum atomic E-state index is 0. The second-order valence-electron chi connectivity index (χ2n) is 4.41. The van der Waals surface area contributed by atoms with Crippen LogP contribution in [0.4, 0.5) is 0 Å². The van der Waals surface area contributed by atoms with Gasteiger partial charge in [-0.15, -0.1) is 0 Å². The summed E-state index contributed by atoms with van der Waals surface area (Å²) in [7, 11) is 0. The predicted octanol–water partition coefficient (Wildman–Crippen LogP) is 5.28. The smallest absolute Gasteiger partial charge is 0.0236 e. The van der Waals surface area contributed by atoms with E-state index in [4.69, 9.17) is 0 Å². The highest BCUT2D eigenvalue weighted by molar-refractivity contribution is 5.03. The monoisotopic (exact) mass is 211 g/mol. The molecule has 0 fully saturated rings. The van der Waals surface area contributed by atoms with Gasteiger partial charge in [0.1, 0.15) is 0 Å². The van der Waals surface area contributed by atoms with Gasteiger partial charge in [0, 0.05) is 0 Å². The average Bonchev–Trinajstić information content (AvgIpc) is 2.13. The molecule has 0 radical (unpaired) electrons. The van der Waals surface area contributed by atoms with Crippen LogP contribution in [0.2, 0.25) is 0 Å². The van der Waals surface area contributed by atoms with Gasteiger partial charge < -0.3 is 6.15 Å². The maximum Gasteiger partial charge on any atom is -0.0236 e. The molecule has 0 aliphatic heterocycles. The quantitative estimate of drug-likeness (QED) is 0.596. The number of allylic oxidation sites excluding steroid dienone is 4. The first-order chi connectivity index (χ1) is 6.60. The Morgan fingerprint density at radius 1 is 1.07 bits per heavy atom. The largest absolute Gasteiger partial charge is 0.344 e. The zero-order valence-corrected chi connectivity index (χ0v) is 11.3. The predicted molar refractivity (Wildman–Crippen MR) is 71.5 cm³/mol. The van der Waals surface area contributed by atoms with Crippen LogP contribution in [0.3, 0.4) is 0 Å². The van der Waals surface area contributed by atoms with Crippen molar-refractivity contribution >= 4 is 0 Å². The average molecular weight is 211 g/mol. The van der Waals surface area contributed by atoms with Gasteiger partial charge in [-0.2, -0.15) is 0 Å². The van der Waals surface area contributed by atoms with Crippen LogP contribution < -0.4 is 6.15 Å². The molecular weight excluding hydrogens is 182 g/mol. The number of hydrogen-bond donors (Lipinski definition) is 1. The first-order valence-electron chi connectivity index (χ1n) is 5.90. The molecule has 15 heavy (non-hydrogen) atoms. The third kappa shape index (κ3) is 9.74. The molecule has 90 valence electrons. The van der Waals surface area contributed by atoms with E-state index < -0.39 is 0 Å². The van der Waals surface area contributed by atoms with Gasteiger partial charge in [-0.25, -0.2) is 0 Å². The molecule has 0 unspecified atom stereocenters. The summed E-state index contributed by atoms with van der Waals surface area (Å²) in [6.45, 7) is 11.1. The van der Waals surface area contributed by atoms with Crippen molar-refractivity contribution in [1.29, 1.82) is 0 Å². The summed E-state index contributed by atoms with van der Waals surface area (Å²) < 4.78 is 0. The molecule has 0 aromatic heterocycles. The zero-order valence-electron chi connectivity index (χ0n) is 11.3. The summed E-state index contributed by atoms with van der Waals surface area (Å²) in [5, 5.41) is 0. The molecule has 0 spiro atoms. The van der Waals surface area contributed by atoms with Crippen molar-refractivity contribution in [3.8, 4) is 0 Å². The Balaban J connectivity index is 0. The van der Waals surface area contributed by atoms with Crippen molar-refractivity contribution in [3.05, 3.63) is 23.3 Å². The van der Waals surface area contributed by atoms with Crippen molar-refractivity contribution in [2.45, 2.75) is 60.3 Å². The lowest BCUT2D eigenvalue weighted by atomic mass is 9.98. The summed E-state index contributed by atoms with van der Waals surface area (Å²) in [5.74, 6) is 0.793. The Morgan fingerprint density at radius 2 is 1.60 bits per heavy atom. The second-order valence-corrected chi connectivity index (χ2v) is 4.41. The Hall–Kier alpha value is -0.560. The van der Waals surface area contributed by atoms with E-state index in [9.17, 15) is 0 Å². The van der Waals surface area contributed by atoms with Gasteiger partial charge in [-0.05, 0) is 52.4 Å². The Morgan fingerprint density at radius 3 is 2.00 bits per heavy atom. The van der Waals surface area contributed by atoms with Crippen LogP contribution >= 0.6 is 0 Å². The first-order valence-corrected chi connectivity index (χ1v) is 5.90. The van der Waals surface area contributed by atoms with E-state index in [1.54, 1.807) is 5.57 Å². The van der Waals surface area contributed by atoms with Crippen molar-refractivity contribution in [2.75, 3.05) is 0 Å². The third-order valence-electron chi connectivity index (χ3n) is 2.66. The van der Waals surface area contributed by atoms with Crippen LogP contribution in [0.5, 0.6) is 0 Å². The summed E-state index contributed by atoms with van der Waals surface area (Å²) in [5.41, 5.74) is 2.98. The van der Waals surface area contributed by atoms with Gasteiger partial charge in [0.05, 0.1) is 0 Å². The van der Waals surface area contributed by atoms with Crippen LogP contribution in [0.1, 0.15) is 60.3 Å². The fourth-order valence-electron chi connectivity index (χ4n) is 1.60. The lowest BCUT2D eigenvalue weighted by Crippen LogP contribution is -1.92. The standard InChI is InChI=1S/C14H26.H3N/c1-6-14(7-2)11-13(5)10-8-9-12(3)4;/h9,11,14H,6-8,10H2,1-5H3;1H3/b13-11-;. The second kappa shape index (κ2) is 9.97. The van der Waals surface area contributed by atoms with Crippen molar-refractivity contribution in [2.24, 2.45) is 5.92 Å². The summed E-state index contributed by atoms with van der Waals surface area (Å²) in [4.78, 5) is 0. The van der Waals surface area contributed by atoms with E-state index in [-0.39, 0.29) is 6.15 Å². The zero-order chi connectivity index (χ0) is 11.0. The molecule has 1 nitrogen and oxygen atoms in total. The molecule has 0 amide bonds. The lowest BCUT2D eigenvalue weighted by molar-refractivity contribution is 0.599. The summed E-state index contributed by atoms with van der Waals surface area (Å²) >= 11 is 0. The molecule has 0 rings (SSSR count). The van der Waals surface area contributed by atoms with Gasteiger partial charge in [-0.3, -0.25) is 0 Å². The van der Waals surface area contributed by atoms with Gasteiger partial charge in [0.2, 0.25) is 0 Å². The van der Waals surface area contributed by atoms with Crippen LogP contribution in [0.15, 0.2) is 23.3 Å². The minimum absolute atomic E-state index is 0. The fourth-order valence-corrected chi connectivity index (χ4v) is 1.60. The third-order valence-corrected chi connectivity index (χ3v) is 2.66. The van der Waals surface area contributed by atoms with E-state index in [0.717, 1.165) is 5.92 Å². The van der Waals surface area contributed by atoms with Crippen molar-refractivity contribution in [1.82, 2.24) is 6.15 Å². The molecular formula is C14H29N. The topological polar surface area (TPSA) is 35.0 Å². The van der Waals surface area contributed by atoms with Gasteiger partial charge in [0.25, 0.3) is 0 Å². The molecule has 0 saturated heterocycles. The Kier molecular flexibility index (Phi) is 11.2. The summed E-state index contributed by atoms with van der Waals surface area (Å²) in [6, 6.07) is 0. The van der Waals surface area contributed by atoms with Crippen LogP contribution in [-0.2, 0) is 0 Å². The van der Waals surface area contributed by atoms with Crippen LogP contribution in [-0.4, -0.2) is 0 Å². The van der Waals surface area contributed by atoms with Crippen molar-refractivity contribution in [3.63, 3.8) is 0 Å². The van der Waals surface area contributed by atoms with E-state index in [0.29, 0.717) is 0 Å².